The minimum atomic E-state index is -4.64. The average molecular weight is 384 g/mol. The van der Waals surface area contributed by atoms with Crippen LogP contribution in [0, 0.1) is 0 Å². The van der Waals surface area contributed by atoms with E-state index >= 15 is 0 Å². The van der Waals surface area contributed by atoms with E-state index in [-0.39, 0.29) is 11.2 Å². The second kappa shape index (κ2) is 5.41. The number of hydrogen-bond donors (Lipinski definition) is 1. The smallest absolute Gasteiger partial charge is 0.278 e. The first-order chi connectivity index (χ1) is 13.3. The van der Waals surface area contributed by atoms with Gasteiger partial charge in [-0.25, -0.2) is 4.98 Å². The van der Waals surface area contributed by atoms with Crippen molar-refractivity contribution in [2.24, 2.45) is 7.05 Å². The molecular formula is C18H11F3N6O. The van der Waals surface area contributed by atoms with Gasteiger partial charge < -0.3 is 0 Å². The lowest BCUT2D eigenvalue weighted by Crippen LogP contribution is -2.21. The molecule has 0 spiro atoms. The number of alkyl halides is 3. The maximum absolute atomic E-state index is 13.3. The SMILES string of the molecule is Cn1cc2c(n1)c(=O)n(-c1cccc3[nH]ncc13)c1nc(C(F)(F)F)ccc21. The van der Waals surface area contributed by atoms with Crippen LogP contribution in [0.15, 0.2) is 47.5 Å². The molecule has 0 unspecified atom stereocenters. The Morgan fingerprint density at radius 3 is 2.68 bits per heavy atom. The van der Waals surface area contributed by atoms with Gasteiger partial charge in [-0.05, 0) is 24.3 Å². The molecule has 0 saturated carbocycles. The summed E-state index contributed by atoms with van der Waals surface area (Å²) in [5.41, 5.74) is -0.545. The van der Waals surface area contributed by atoms with Crippen LogP contribution in [0.25, 0.3) is 38.5 Å². The zero-order valence-corrected chi connectivity index (χ0v) is 14.3. The normalized spacial score (nSPS) is 12.4. The van der Waals surface area contributed by atoms with Crippen molar-refractivity contribution in [2.45, 2.75) is 6.18 Å². The van der Waals surface area contributed by atoms with Crippen molar-refractivity contribution in [3.8, 4) is 5.69 Å². The lowest BCUT2D eigenvalue weighted by atomic mass is 10.1. The van der Waals surface area contributed by atoms with E-state index in [2.05, 4.69) is 20.3 Å². The van der Waals surface area contributed by atoms with Crippen molar-refractivity contribution in [3.05, 3.63) is 58.8 Å². The van der Waals surface area contributed by atoms with E-state index in [0.29, 0.717) is 27.4 Å². The van der Waals surface area contributed by atoms with Crippen LogP contribution < -0.4 is 5.56 Å². The van der Waals surface area contributed by atoms with Gasteiger partial charge in [-0.1, -0.05) is 6.07 Å². The van der Waals surface area contributed by atoms with Crippen molar-refractivity contribution in [2.75, 3.05) is 0 Å². The van der Waals surface area contributed by atoms with Gasteiger partial charge in [0.2, 0.25) is 0 Å². The largest absolute Gasteiger partial charge is 0.433 e. The summed E-state index contributed by atoms with van der Waals surface area (Å²) < 4.78 is 42.5. The van der Waals surface area contributed by atoms with Gasteiger partial charge in [-0.3, -0.25) is 19.1 Å². The minimum absolute atomic E-state index is 0.0889. The maximum atomic E-state index is 13.3. The van der Waals surface area contributed by atoms with Gasteiger partial charge in [0.25, 0.3) is 5.56 Å². The molecule has 0 amide bonds. The third kappa shape index (κ3) is 2.24. The Morgan fingerprint density at radius 2 is 1.89 bits per heavy atom. The molecule has 4 heterocycles. The number of pyridine rings is 2. The van der Waals surface area contributed by atoms with Crippen LogP contribution in [-0.4, -0.2) is 29.5 Å². The van der Waals surface area contributed by atoms with E-state index in [1.807, 2.05) is 0 Å². The molecule has 1 aromatic carbocycles. The third-order valence-electron chi connectivity index (χ3n) is 4.60. The van der Waals surface area contributed by atoms with Gasteiger partial charge in [-0.2, -0.15) is 23.4 Å². The number of H-pyrrole nitrogens is 1. The molecule has 0 fully saturated rings. The fourth-order valence-corrected chi connectivity index (χ4v) is 3.40. The number of halogens is 3. The standard InChI is InChI=1S/C18H11F3N6O/c1-26-8-11-9-5-6-14(18(19,20)21)23-16(9)27(17(28)15(11)25-26)13-4-2-3-12-10(13)7-22-24-12/h2-8H,1H3,(H,22,24). The van der Waals surface area contributed by atoms with E-state index in [0.717, 1.165) is 10.6 Å². The Morgan fingerprint density at radius 1 is 1.07 bits per heavy atom. The molecule has 0 aliphatic carbocycles. The fourth-order valence-electron chi connectivity index (χ4n) is 3.40. The zero-order chi connectivity index (χ0) is 19.6. The highest BCUT2D eigenvalue weighted by Crippen LogP contribution is 2.32. The first-order valence-corrected chi connectivity index (χ1v) is 8.23. The van der Waals surface area contributed by atoms with E-state index in [1.165, 1.54) is 16.9 Å². The highest BCUT2D eigenvalue weighted by molar-refractivity contribution is 6.04. The number of aryl methyl sites for hydroxylation is 1. The molecule has 140 valence electrons. The number of nitrogens with one attached hydrogen (secondary N) is 1. The predicted octanol–water partition coefficient (Wildman–Crippen LogP) is 3.17. The number of fused-ring (bicyclic) bond motifs is 4. The second-order valence-corrected chi connectivity index (χ2v) is 6.38. The van der Waals surface area contributed by atoms with E-state index in [1.54, 1.807) is 31.4 Å². The Labute approximate surface area is 154 Å². The quantitative estimate of drug-likeness (QED) is 0.481. The van der Waals surface area contributed by atoms with E-state index in [9.17, 15) is 18.0 Å². The maximum Gasteiger partial charge on any atom is 0.433 e. The van der Waals surface area contributed by atoms with Crippen LogP contribution >= 0.6 is 0 Å². The number of rotatable bonds is 1. The number of benzene rings is 1. The number of nitrogens with zero attached hydrogens (tertiary/aromatic N) is 5. The van der Waals surface area contributed by atoms with Gasteiger partial charge in [0.15, 0.2) is 5.52 Å². The summed E-state index contributed by atoms with van der Waals surface area (Å²) in [5, 5.41) is 12.4. The summed E-state index contributed by atoms with van der Waals surface area (Å²) >= 11 is 0. The van der Waals surface area contributed by atoms with Crippen LogP contribution in [0.2, 0.25) is 0 Å². The summed E-state index contributed by atoms with van der Waals surface area (Å²) in [6.45, 7) is 0. The Kier molecular flexibility index (Phi) is 3.18. The summed E-state index contributed by atoms with van der Waals surface area (Å²) in [7, 11) is 1.64. The first-order valence-electron chi connectivity index (χ1n) is 8.23. The van der Waals surface area contributed by atoms with Crippen molar-refractivity contribution < 1.29 is 13.2 Å². The lowest BCUT2D eigenvalue weighted by molar-refractivity contribution is -0.141. The van der Waals surface area contributed by atoms with Gasteiger partial charge >= 0.3 is 6.18 Å². The van der Waals surface area contributed by atoms with Crippen LogP contribution in [0.1, 0.15) is 5.69 Å². The molecule has 0 aliphatic rings. The molecule has 10 heteroatoms. The minimum Gasteiger partial charge on any atom is -0.278 e. The Hall–Kier alpha value is -3.69. The van der Waals surface area contributed by atoms with Gasteiger partial charge in [-0.15, -0.1) is 0 Å². The van der Waals surface area contributed by atoms with Gasteiger partial charge in [0.05, 0.1) is 17.4 Å². The Balaban J connectivity index is 2.02. The molecular weight excluding hydrogens is 373 g/mol. The molecule has 0 bridgehead atoms. The summed E-state index contributed by atoms with van der Waals surface area (Å²) in [6.07, 6.45) is -1.53. The molecule has 5 aromatic rings. The number of aromatic nitrogens is 6. The molecule has 4 aromatic heterocycles. The molecule has 1 N–H and O–H groups in total. The highest BCUT2D eigenvalue weighted by atomic mass is 19.4. The predicted molar refractivity (Wildman–Crippen MR) is 96.3 cm³/mol. The van der Waals surface area contributed by atoms with Crippen molar-refractivity contribution in [3.63, 3.8) is 0 Å². The molecule has 7 nitrogen and oxygen atoms in total. The summed E-state index contributed by atoms with van der Waals surface area (Å²) in [5.74, 6) is 0. The van der Waals surface area contributed by atoms with E-state index in [4.69, 9.17) is 0 Å². The van der Waals surface area contributed by atoms with Crippen molar-refractivity contribution in [1.29, 1.82) is 0 Å². The van der Waals surface area contributed by atoms with Crippen LogP contribution in [0.3, 0.4) is 0 Å². The Bertz CT molecular complexity index is 1440. The van der Waals surface area contributed by atoms with Gasteiger partial charge in [0, 0.05) is 29.4 Å². The average Bonchev–Trinajstić information content (AvgIpc) is 3.27. The topological polar surface area (TPSA) is 81.4 Å². The molecule has 0 radical (unpaired) electrons. The summed E-state index contributed by atoms with van der Waals surface area (Å²) in [4.78, 5) is 17.0. The second-order valence-electron chi connectivity index (χ2n) is 6.38. The number of hydrogen-bond acceptors (Lipinski definition) is 4. The van der Waals surface area contributed by atoms with Crippen molar-refractivity contribution in [1.82, 2.24) is 29.5 Å². The van der Waals surface area contributed by atoms with Crippen molar-refractivity contribution >= 4 is 32.8 Å². The molecule has 0 saturated heterocycles. The molecule has 5 rings (SSSR count). The van der Waals surface area contributed by atoms with E-state index < -0.39 is 17.4 Å². The van der Waals surface area contributed by atoms with Gasteiger partial charge in [0.1, 0.15) is 11.3 Å². The van der Waals surface area contributed by atoms with Crippen LogP contribution in [0.5, 0.6) is 0 Å². The monoisotopic (exact) mass is 384 g/mol. The van der Waals surface area contributed by atoms with Crippen LogP contribution in [0.4, 0.5) is 13.2 Å². The van der Waals surface area contributed by atoms with Crippen LogP contribution in [-0.2, 0) is 13.2 Å². The zero-order valence-electron chi connectivity index (χ0n) is 14.3. The lowest BCUT2D eigenvalue weighted by Gasteiger charge is -2.13. The third-order valence-corrected chi connectivity index (χ3v) is 4.60. The first kappa shape index (κ1) is 16.5. The number of aromatic amines is 1. The fraction of sp³-hybridized carbons (Fsp3) is 0.111. The summed E-state index contributed by atoms with van der Waals surface area (Å²) in [6, 6.07) is 7.30. The molecule has 0 aliphatic heterocycles. The molecule has 28 heavy (non-hydrogen) atoms. The molecule has 0 atom stereocenters. The highest BCUT2D eigenvalue weighted by Gasteiger charge is 2.33.